The fraction of sp³-hybridized carbons (Fsp3) is 0.773. The van der Waals surface area contributed by atoms with Crippen LogP contribution in [0, 0.1) is 17.2 Å². The van der Waals surface area contributed by atoms with Crippen LogP contribution in [0.25, 0.3) is 0 Å². The van der Waals surface area contributed by atoms with E-state index in [2.05, 4.69) is 21.3 Å². The summed E-state index contributed by atoms with van der Waals surface area (Å²) >= 11 is 0. The number of hydrogen-bond acceptors (Lipinski definition) is 7. The van der Waals surface area contributed by atoms with Crippen molar-refractivity contribution in [2.75, 3.05) is 6.54 Å². The molecule has 0 saturated heterocycles. The first-order chi connectivity index (χ1) is 15.8. The molecule has 0 rings (SSSR count). The molecule has 0 spiro atoms. The van der Waals surface area contributed by atoms with Gasteiger partial charge in [0.15, 0.2) is 5.96 Å². The highest BCUT2D eigenvalue weighted by atomic mass is 16.3. The van der Waals surface area contributed by atoms with Crippen LogP contribution in [0.2, 0.25) is 0 Å². The van der Waals surface area contributed by atoms with Crippen molar-refractivity contribution in [3.05, 3.63) is 0 Å². The summed E-state index contributed by atoms with van der Waals surface area (Å²) in [4.78, 5) is 49.6. The molecule has 1 radical (unpaired) electrons. The van der Waals surface area contributed by atoms with Crippen molar-refractivity contribution >= 4 is 30.0 Å². The van der Waals surface area contributed by atoms with Gasteiger partial charge in [0, 0.05) is 6.54 Å². The van der Waals surface area contributed by atoms with E-state index in [9.17, 15) is 24.3 Å². The van der Waals surface area contributed by atoms with Gasteiger partial charge in [0.25, 0.3) is 0 Å². The van der Waals surface area contributed by atoms with Crippen molar-refractivity contribution in [2.45, 2.75) is 90.6 Å². The van der Waals surface area contributed by atoms with Gasteiger partial charge in [0.2, 0.25) is 24.0 Å². The maximum Gasteiger partial charge on any atom is 0.243 e. The average Bonchev–Trinajstić information content (AvgIpc) is 2.76. The van der Waals surface area contributed by atoms with Crippen LogP contribution in [0.4, 0.5) is 0 Å². The molecule has 0 aromatic heterocycles. The molecule has 34 heavy (non-hydrogen) atoms. The number of carbonyl (C=O) groups excluding carboxylic acids is 4. The lowest BCUT2D eigenvalue weighted by Gasteiger charge is -2.27. The van der Waals surface area contributed by atoms with E-state index in [0.717, 1.165) is 0 Å². The molecule has 0 aliphatic rings. The Balaban J connectivity index is 5.54. The minimum Gasteiger partial charge on any atom is -0.391 e. The van der Waals surface area contributed by atoms with Crippen LogP contribution in [0.3, 0.4) is 0 Å². The van der Waals surface area contributed by atoms with E-state index in [0.29, 0.717) is 19.4 Å². The van der Waals surface area contributed by atoms with Crippen LogP contribution in [-0.2, 0) is 19.2 Å². The number of carbonyl (C=O) groups is 3. The fourth-order valence-electron chi connectivity index (χ4n) is 3.04. The van der Waals surface area contributed by atoms with E-state index in [1.54, 1.807) is 6.92 Å². The van der Waals surface area contributed by atoms with Crippen LogP contribution in [0.5, 0.6) is 0 Å². The third kappa shape index (κ3) is 11.9. The zero-order valence-electron chi connectivity index (χ0n) is 20.8. The van der Waals surface area contributed by atoms with Gasteiger partial charge in [0.05, 0.1) is 12.1 Å². The molecule has 0 aliphatic heterocycles. The first-order valence-corrected chi connectivity index (χ1v) is 11.6. The summed E-state index contributed by atoms with van der Waals surface area (Å²) in [5.41, 5.74) is 10.9. The Labute approximate surface area is 201 Å². The first-order valence-electron chi connectivity index (χ1n) is 11.6. The highest BCUT2D eigenvalue weighted by molar-refractivity contribution is 5.93. The third-order valence-electron chi connectivity index (χ3n) is 5.42. The zero-order chi connectivity index (χ0) is 26.4. The molecule has 0 fully saturated rings. The van der Waals surface area contributed by atoms with E-state index in [4.69, 9.17) is 16.9 Å². The zero-order valence-corrected chi connectivity index (χ0v) is 20.8. The smallest absolute Gasteiger partial charge is 0.243 e. The van der Waals surface area contributed by atoms with Crippen molar-refractivity contribution < 1.29 is 24.3 Å². The van der Waals surface area contributed by atoms with E-state index >= 15 is 0 Å². The van der Waals surface area contributed by atoms with Gasteiger partial charge >= 0.3 is 0 Å². The monoisotopic (exact) mass is 484 g/mol. The molecule has 195 valence electrons. The second-order valence-electron chi connectivity index (χ2n) is 8.99. The minimum absolute atomic E-state index is 0.0327. The molecule has 3 amide bonds. The lowest BCUT2D eigenvalue weighted by Crippen LogP contribution is -2.58. The highest BCUT2D eigenvalue weighted by Gasteiger charge is 2.30. The topological polar surface area (TPSA) is 213 Å². The Morgan fingerprint density at radius 1 is 1.00 bits per heavy atom. The number of aliphatic hydroxyl groups excluding tert-OH is 1. The SMILES string of the molecule is CC[C@H](C)[C@@H]([C]=O)NC(=O)[C@@H](CCCNC(=N)N)NC(=O)[C@H](CC(C)C)NC(=O)[C@@H](N)[C@@H](C)O. The molecule has 0 bridgehead atoms. The second kappa shape index (κ2) is 16.0. The van der Waals surface area contributed by atoms with Crippen molar-refractivity contribution in [1.29, 1.82) is 5.41 Å². The number of amides is 3. The van der Waals surface area contributed by atoms with Crippen LogP contribution < -0.4 is 32.7 Å². The number of nitrogens with one attached hydrogen (secondary N) is 5. The maximum atomic E-state index is 13.1. The largest absolute Gasteiger partial charge is 0.391 e. The van der Waals surface area contributed by atoms with E-state index in [1.165, 1.54) is 6.92 Å². The van der Waals surface area contributed by atoms with Gasteiger partial charge in [-0.15, -0.1) is 0 Å². The van der Waals surface area contributed by atoms with Gasteiger partial charge in [-0.2, -0.15) is 0 Å². The number of hydrogen-bond donors (Lipinski definition) is 8. The summed E-state index contributed by atoms with van der Waals surface area (Å²) in [6.07, 6.45) is 2.23. The van der Waals surface area contributed by atoms with Crippen LogP contribution in [0.1, 0.15) is 60.3 Å². The summed E-state index contributed by atoms with van der Waals surface area (Å²) in [5, 5.41) is 27.3. The predicted octanol–water partition coefficient (Wildman–Crippen LogP) is -1.39. The van der Waals surface area contributed by atoms with Gasteiger partial charge in [-0.1, -0.05) is 34.1 Å². The molecular formula is C22H42N7O5. The minimum atomic E-state index is -1.21. The molecule has 0 unspecified atom stereocenters. The fourth-order valence-corrected chi connectivity index (χ4v) is 3.04. The molecule has 12 heteroatoms. The van der Waals surface area contributed by atoms with Gasteiger partial charge in [-0.05, 0) is 38.0 Å². The van der Waals surface area contributed by atoms with Crippen molar-refractivity contribution in [3.63, 3.8) is 0 Å². The maximum absolute atomic E-state index is 13.1. The molecule has 0 aromatic rings. The predicted molar refractivity (Wildman–Crippen MR) is 129 cm³/mol. The Kier molecular flexibility index (Phi) is 14.7. The number of rotatable bonds is 16. The summed E-state index contributed by atoms with van der Waals surface area (Å²) in [6, 6.07) is -4.02. The lowest BCUT2D eigenvalue weighted by molar-refractivity contribution is -0.133. The molecule has 0 saturated carbocycles. The molecule has 0 heterocycles. The van der Waals surface area contributed by atoms with Crippen molar-refractivity contribution in [3.8, 4) is 0 Å². The third-order valence-corrected chi connectivity index (χ3v) is 5.42. The van der Waals surface area contributed by atoms with Gasteiger partial charge < -0.3 is 37.8 Å². The van der Waals surface area contributed by atoms with Gasteiger partial charge in [0.1, 0.15) is 18.1 Å². The highest BCUT2D eigenvalue weighted by Crippen LogP contribution is 2.09. The number of nitrogens with two attached hydrogens (primary N) is 2. The number of aliphatic hydroxyl groups is 1. The summed E-state index contributed by atoms with van der Waals surface area (Å²) in [6.45, 7) is 9.10. The van der Waals surface area contributed by atoms with E-state index in [1.807, 2.05) is 27.1 Å². The molecule has 10 N–H and O–H groups in total. The molecule has 12 nitrogen and oxygen atoms in total. The normalized spacial score (nSPS) is 16.4. The first kappa shape index (κ1) is 31.3. The Hall–Kier alpha value is -2.73. The average molecular weight is 485 g/mol. The number of guanidine groups is 1. The standard InChI is InChI=1S/C22H42N7O5/c1-6-13(4)17(11-30)29-19(32)15(8-7-9-26-22(24)25)27-20(33)16(10-12(2)3)28-21(34)18(23)14(5)31/h12-18,31H,6-10,23H2,1-5H3,(H,27,33)(H,28,34)(H,29,32)(H4,24,25,26)/t13-,14+,15+,16-,17+,18-/m0/s1. The summed E-state index contributed by atoms with van der Waals surface area (Å²) < 4.78 is 0. The Morgan fingerprint density at radius 2 is 1.56 bits per heavy atom. The van der Waals surface area contributed by atoms with Crippen LogP contribution >= 0.6 is 0 Å². The van der Waals surface area contributed by atoms with Gasteiger partial charge in [-0.3, -0.25) is 24.6 Å². The van der Waals surface area contributed by atoms with Crippen LogP contribution in [0.15, 0.2) is 0 Å². The Bertz CT molecular complexity index is 687. The van der Waals surface area contributed by atoms with Gasteiger partial charge in [-0.25, -0.2) is 0 Å². The van der Waals surface area contributed by atoms with E-state index in [-0.39, 0.29) is 30.6 Å². The summed E-state index contributed by atoms with van der Waals surface area (Å²) in [5.74, 6) is -2.16. The molecule has 0 aromatic carbocycles. The van der Waals surface area contributed by atoms with Crippen molar-refractivity contribution in [2.24, 2.45) is 23.3 Å². The molecule has 0 aliphatic carbocycles. The quantitative estimate of drug-likeness (QED) is 0.0740. The van der Waals surface area contributed by atoms with E-state index < -0.39 is 48.0 Å². The van der Waals surface area contributed by atoms with Crippen molar-refractivity contribution in [1.82, 2.24) is 21.3 Å². The molecular weight excluding hydrogens is 442 g/mol. The molecule has 6 atom stereocenters. The lowest BCUT2D eigenvalue weighted by atomic mass is 9.99. The second-order valence-corrected chi connectivity index (χ2v) is 8.99. The Morgan fingerprint density at radius 3 is 2.03 bits per heavy atom. The summed E-state index contributed by atoms with van der Waals surface area (Å²) in [7, 11) is 0. The van der Waals surface area contributed by atoms with Crippen LogP contribution in [-0.4, -0.2) is 71.9 Å².